The average Bonchev–Trinajstić information content (AvgIpc) is 3.47. The molecule has 0 aromatic heterocycles. The number of allylic oxidation sites excluding steroid dienone is 2. The lowest BCUT2D eigenvalue weighted by atomic mass is 9.70. The first kappa shape index (κ1) is 13.5. The Morgan fingerprint density at radius 2 is 1.33 bits per heavy atom. The lowest BCUT2D eigenvalue weighted by Crippen LogP contribution is -2.27. The fraction of sp³-hybridized carbons (Fsp3) is 0.417. The Labute approximate surface area is 144 Å². The summed E-state index contributed by atoms with van der Waals surface area (Å²) in [5, 5.41) is 0. The van der Waals surface area contributed by atoms with Crippen molar-refractivity contribution in [2.45, 2.75) is 38.0 Å². The molecule has 3 fully saturated rings. The molecule has 0 aliphatic heterocycles. The third-order valence-electron chi connectivity index (χ3n) is 7.32. The Hall–Kier alpha value is -1.82. The largest absolute Gasteiger partial charge is 0.0683 e. The van der Waals surface area contributed by atoms with E-state index < -0.39 is 0 Å². The van der Waals surface area contributed by atoms with Crippen LogP contribution in [0.1, 0.15) is 49.1 Å². The zero-order valence-corrected chi connectivity index (χ0v) is 14.1. The van der Waals surface area contributed by atoms with Crippen LogP contribution in [0, 0.1) is 22.7 Å². The summed E-state index contributed by atoms with van der Waals surface area (Å²) in [5.74, 6) is 2.70. The minimum absolute atomic E-state index is 0.441. The molecule has 0 heteroatoms. The van der Waals surface area contributed by atoms with Crippen molar-refractivity contribution in [1.82, 2.24) is 0 Å². The van der Waals surface area contributed by atoms with Gasteiger partial charge >= 0.3 is 0 Å². The summed E-state index contributed by atoms with van der Waals surface area (Å²) in [6.45, 7) is 0. The highest BCUT2D eigenvalue weighted by Crippen LogP contribution is 2.87. The van der Waals surface area contributed by atoms with Crippen LogP contribution < -0.4 is 0 Å². The van der Waals surface area contributed by atoms with Gasteiger partial charge in [0.25, 0.3) is 0 Å². The smallest absolute Gasteiger partial charge is 0.0234 e. The Kier molecular flexibility index (Phi) is 2.48. The average molecular weight is 312 g/mol. The Balaban J connectivity index is 1.42. The van der Waals surface area contributed by atoms with Gasteiger partial charge in [0.1, 0.15) is 0 Å². The molecule has 3 saturated carbocycles. The second kappa shape index (κ2) is 4.42. The second-order valence-electron chi connectivity index (χ2n) is 8.55. The van der Waals surface area contributed by atoms with E-state index in [0.717, 1.165) is 17.8 Å². The predicted octanol–water partition coefficient (Wildman–Crippen LogP) is 6.06. The molecule has 0 nitrogen and oxygen atoms in total. The van der Waals surface area contributed by atoms with Gasteiger partial charge in [-0.05, 0) is 72.0 Å². The van der Waals surface area contributed by atoms with Crippen LogP contribution in [0.25, 0.3) is 5.57 Å². The molecule has 0 amide bonds. The van der Waals surface area contributed by atoms with Crippen LogP contribution in [-0.4, -0.2) is 0 Å². The molecule has 3 atom stereocenters. The number of benzene rings is 2. The van der Waals surface area contributed by atoms with Gasteiger partial charge in [0.05, 0.1) is 0 Å². The molecule has 4 aliphatic rings. The van der Waals surface area contributed by atoms with Crippen LogP contribution in [0.15, 0.2) is 66.7 Å². The highest BCUT2D eigenvalue weighted by molar-refractivity contribution is 5.88. The van der Waals surface area contributed by atoms with Gasteiger partial charge in [-0.1, -0.05) is 66.7 Å². The second-order valence-corrected chi connectivity index (χ2v) is 8.55. The molecule has 0 unspecified atom stereocenters. The Bertz CT molecular complexity index is 798. The van der Waals surface area contributed by atoms with Gasteiger partial charge in [-0.2, -0.15) is 0 Å². The van der Waals surface area contributed by atoms with Crippen LogP contribution in [-0.2, 0) is 0 Å². The molecule has 4 aliphatic carbocycles. The highest BCUT2D eigenvalue weighted by atomic mass is 14.8. The molecule has 2 aromatic carbocycles. The first-order valence-corrected chi connectivity index (χ1v) is 9.70. The fourth-order valence-electron chi connectivity index (χ4n) is 6.00. The van der Waals surface area contributed by atoms with Gasteiger partial charge < -0.3 is 0 Å². The molecular weight excluding hydrogens is 288 g/mol. The van der Waals surface area contributed by atoms with E-state index in [2.05, 4.69) is 66.7 Å². The van der Waals surface area contributed by atoms with Crippen LogP contribution in [0.2, 0.25) is 0 Å². The van der Waals surface area contributed by atoms with E-state index in [1.807, 2.05) is 0 Å². The number of hydrogen-bond acceptors (Lipinski definition) is 0. The van der Waals surface area contributed by atoms with Crippen molar-refractivity contribution in [1.29, 1.82) is 0 Å². The first-order valence-electron chi connectivity index (χ1n) is 9.70. The maximum Gasteiger partial charge on any atom is 0.0234 e. The molecule has 6 rings (SSSR count). The van der Waals surface area contributed by atoms with E-state index in [-0.39, 0.29) is 0 Å². The molecule has 0 N–H and O–H groups in total. The van der Waals surface area contributed by atoms with Crippen molar-refractivity contribution < 1.29 is 0 Å². The SMILES string of the molecule is C1=C(c2ccccc2)[C@@]1(C1CC1)[C@@]1(C2CC2)C[C@@H]1c1ccccc1. The Morgan fingerprint density at radius 1 is 0.708 bits per heavy atom. The van der Waals surface area contributed by atoms with E-state index in [0.29, 0.717) is 10.8 Å². The first-order chi connectivity index (χ1) is 11.9. The molecule has 0 bridgehead atoms. The molecule has 120 valence electrons. The molecule has 0 spiro atoms. The lowest BCUT2D eigenvalue weighted by molar-refractivity contribution is 0.239. The van der Waals surface area contributed by atoms with E-state index in [4.69, 9.17) is 0 Å². The van der Waals surface area contributed by atoms with Crippen molar-refractivity contribution in [2.24, 2.45) is 22.7 Å². The van der Waals surface area contributed by atoms with Crippen molar-refractivity contribution in [3.63, 3.8) is 0 Å². The molecule has 0 saturated heterocycles. The monoisotopic (exact) mass is 312 g/mol. The maximum atomic E-state index is 2.70. The summed E-state index contributed by atoms with van der Waals surface area (Å²) >= 11 is 0. The minimum Gasteiger partial charge on any atom is -0.0683 e. The van der Waals surface area contributed by atoms with E-state index in [1.165, 1.54) is 37.7 Å². The standard InChI is InChI=1S/C24H24/c1-3-7-17(8-4-1)21-15-23(21,19-11-12-19)24(20-13-14-20)16-22(24)18-9-5-2-6-10-18/h1-10,15,19-20,22H,11-14,16H2/t22-,23-,24-/m1/s1. The van der Waals surface area contributed by atoms with Gasteiger partial charge in [-0.3, -0.25) is 0 Å². The summed E-state index contributed by atoms with van der Waals surface area (Å²) in [7, 11) is 0. The van der Waals surface area contributed by atoms with Crippen LogP contribution >= 0.6 is 0 Å². The van der Waals surface area contributed by atoms with E-state index in [1.54, 1.807) is 11.1 Å². The summed E-state index contributed by atoms with van der Waals surface area (Å²) in [4.78, 5) is 0. The number of rotatable bonds is 5. The number of hydrogen-bond donors (Lipinski definition) is 0. The van der Waals surface area contributed by atoms with Crippen LogP contribution in [0.4, 0.5) is 0 Å². The summed E-state index contributed by atoms with van der Waals surface area (Å²) < 4.78 is 0. The van der Waals surface area contributed by atoms with Crippen molar-refractivity contribution in [2.75, 3.05) is 0 Å². The zero-order chi connectivity index (χ0) is 15.8. The van der Waals surface area contributed by atoms with Gasteiger partial charge in [0, 0.05) is 5.41 Å². The zero-order valence-electron chi connectivity index (χ0n) is 14.1. The van der Waals surface area contributed by atoms with Gasteiger partial charge in [0.15, 0.2) is 0 Å². The van der Waals surface area contributed by atoms with Crippen molar-refractivity contribution >= 4 is 5.57 Å². The minimum atomic E-state index is 0.441. The fourth-order valence-corrected chi connectivity index (χ4v) is 6.00. The lowest BCUT2D eigenvalue weighted by Gasteiger charge is -2.32. The van der Waals surface area contributed by atoms with E-state index in [9.17, 15) is 0 Å². The third-order valence-corrected chi connectivity index (χ3v) is 7.32. The highest BCUT2D eigenvalue weighted by Gasteiger charge is 2.78. The van der Waals surface area contributed by atoms with E-state index >= 15 is 0 Å². The summed E-state index contributed by atoms with van der Waals surface area (Å²) in [6, 6.07) is 22.6. The van der Waals surface area contributed by atoms with Crippen molar-refractivity contribution in [3.05, 3.63) is 77.9 Å². The quantitative estimate of drug-likeness (QED) is 0.629. The van der Waals surface area contributed by atoms with Crippen molar-refractivity contribution in [3.8, 4) is 0 Å². The predicted molar refractivity (Wildman–Crippen MR) is 98.5 cm³/mol. The van der Waals surface area contributed by atoms with Gasteiger partial charge in [0.2, 0.25) is 0 Å². The normalized spacial score (nSPS) is 37.0. The molecule has 0 heterocycles. The third kappa shape index (κ3) is 1.64. The molecule has 0 radical (unpaired) electrons. The molecular formula is C24H24. The van der Waals surface area contributed by atoms with Crippen LogP contribution in [0.5, 0.6) is 0 Å². The molecule has 2 aromatic rings. The molecule has 24 heavy (non-hydrogen) atoms. The van der Waals surface area contributed by atoms with Gasteiger partial charge in [-0.25, -0.2) is 0 Å². The summed E-state index contributed by atoms with van der Waals surface area (Å²) in [6.07, 6.45) is 9.94. The van der Waals surface area contributed by atoms with Crippen LogP contribution in [0.3, 0.4) is 0 Å². The topological polar surface area (TPSA) is 0 Å². The maximum absolute atomic E-state index is 2.70. The van der Waals surface area contributed by atoms with Gasteiger partial charge in [-0.15, -0.1) is 0 Å². The summed E-state index contributed by atoms with van der Waals surface area (Å²) in [5.41, 5.74) is 5.77. The Morgan fingerprint density at radius 3 is 1.96 bits per heavy atom.